The fourth-order valence-corrected chi connectivity index (χ4v) is 3.09. The van der Waals surface area contributed by atoms with Gasteiger partial charge in [0, 0.05) is 28.6 Å². The summed E-state index contributed by atoms with van der Waals surface area (Å²) in [5, 5.41) is 0.181. The number of fused-ring (bicyclic) bond motifs is 5. The van der Waals surface area contributed by atoms with Gasteiger partial charge in [0.25, 0.3) is 0 Å². The standard InChI is InChI=1S/C18H12F3NO3/c1-2-24-18(23)17-14-11-5-9(20)6-12(21)15(11)22-16(14)10-4-3-8(19)7-13(10)25-17/h3-7,17,22H,2H2,1H3. The molecule has 128 valence electrons. The van der Waals surface area contributed by atoms with Crippen LogP contribution in [0.1, 0.15) is 18.6 Å². The lowest BCUT2D eigenvalue weighted by atomic mass is 9.97. The number of ether oxygens (including phenoxy) is 2. The highest BCUT2D eigenvalue weighted by Crippen LogP contribution is 2.46. The van der Waals surface area contributed by atoms with Crippen LogP contribution < -0.4 is 4.74 Å². The number of carbonyl (C=O) groups is 1. The van der Waals surface area contributed by atoms with E-state index in [-0.39, 0.29) is 28.8 Å². The molecule has 0 amide bonds. The van der Waals surface area contributed by atoms with E-state index in [0.29, 0.717) is 11.3 Å². The molecular weight excluding hydrogens is 335 g/mol. The lowest BCUT2D eigenvalue weighted by Crippen LogP contribution is -2.24. The van der Waals surface area contributed by atoms with Crippen molar-refractivity contribution in [3.63, 3.8) is 0 Å². The molecule has 1 aliphatic rings. The summed E-state index contributed by atoms with van der Waals surface area (Å²) >= 11 is 0. The minimum atomic E-state index is -1.25. The summed E-state index contributed by atoms with van der Waals surface area (Å²) in [6.07, 6.45) is -1.25. The van der Waals surface area contributed by atoms with Gasteiger partial charge in [0.15, 0.2) is 0 Å². The molecule has 0 spiro atoms. The van der Waals surface area contributed by atoms with Crippen LogP contribution in [-0.4, -0.2) is 17.6 Å². The Hall–Kier alpha value is -2.96. The number of H-pyrrole nitrogens is 1. The van der Waals surface area contributed by atoms with E-state index in [1.165, 1.54) is 12.1 Å². The number of carbonyl (C=O) groups excluding carboxylic acids is 1. The summed E-state index contributed by atoms with van der Waals surface area (Å²) in [6, 6.07) is 5.68. The average molecular weight is 347 g/mol. The van der Waals surface area contributed by atoms with Crippen molar-refractivity contribution in [1.82, 2.24) is 4.98 Å². The maximum Gasteiger partial charge on any atom is 0.352 e. The van der Waals surface area contributed by atoms with Crippen LogP contribution in [0, 0.1) is 17.5 Å². The molecule has 0 bridgehead atoms. The predicted octanol–water partition coefficient (Wildman–Crippen LogP) is 4.25. The Labute approximate surface area is 140 Å². The number of halogens is 3. The Morgan fingerprint density at radius 1 is 1.20 bits per heavy atom. The van der Waals surface area contributed by atoms with Crippen LogP contribution in [0.2, 0.25) is 0 Å². The van der Waals surface area contributed by atoms with E-state index in [9.17, 15) is 18.0 Å². The Kier molecular flexibility index (Phi) is 3.45. The molecule has 7 heteroatoms. The maximum atomic E-state index is 14.2. The van der Waals surface area contributed by atoms with Gasteiger partial charge in [-0.1, -0.05) is 0 Å². The largest absolute Gasteiger partial charge is 0.473 e. The van der Waals surface area contributed by atoms with E-state index >= 15 is 0 Å². The molecule has 1 unspecified atom stereocenters. The van der Waals surface area contributed by atoms with Crippen molar-refractivity contribution in [2.75, 3.05) is 6.61 Å². The number of benzene rings is 2. The van der Waals surface area contributed by atoms with Gasteiger partial charge >= 0.3 is 5.97 Å². The lowest BCUT2D eigenvalue weighted by molar-refractivity contribution is -0.151. The number of rotatable bonds is 2. The summed E-state index contributed by atoms with van der Waals surface area (Å²) in [5.74, 6) is -2.71. The molecule has 0 saturated heterocycles. The van der Waals surface area contributed by atoms with Crippen LogP contribution in [0.5, 0.6) is 5.75 Å². The van der Waals surface area contributed by atoms with Crippen LogP contribution in [0.3, 0.4) is 0 Å². The molecule has 1 atom stereocenters. The zero-order valence-corrected chi connectivity index (χ0v) is 13.0. The molecule has 0 radical (unpaired) electrons. The van der Waals surface area contributed by atoms with E-state index in [1.807, 2.05) is 0 Å². The summed E-state index contributed by atoms with van der Waals surface area (Å²) in [7, 11) is 0. The van der Waals surface area contributed by atoms with Crippen LogP contribution in [-0.2, 0) is 9.53 Å². The number of aromatic nitrogens is 1. The van der Waals surface area contributed by atoms with E-state index in [4.69, 9.17) is 9.47 Å². The van der Waals surface area contributed by atoms with Gasteiger partial charge in [-0.15, -0.1) is 0 Å². The third kappa shape index (κ3) is 2.34. The quantitative estimate of drug-likeness (QED) is 0.705. The lowest BCUT2D eigenvalue weighted by Gasteiger charge is -2.25. The highest BCUT2D eigenvalue weighted by Gasteiger charge is 2.36. The molecule has 1 aliphatic heterocycles. The van der Waals surface area contributed by atoms with Crippen LogP contribution in [0.15, 0.2) is 30.3 Å². The Morgan fingerprint density at radius 3 is 2.76 bits per heavy atom. The first-order valence-corrected chi connectivity index (χ1v) is 7.63. The number of hydrogen-bond acceptors (Lipinski definition) is 3. The Morgan fingerprint density at radius 2 is 2.00 bits per heavy atom. The minimum absolute atomic E-state index is 0.0430. The number of aromatic amines is 1. The molecule has 2 heterocycles. The topological polar surface area (TPSA) is 51.3 Å². The zero-order valence-electron chi connectivity index (χ0n) is 13.0. The van der Waals surface area contributed by atoms with Crippen molar-refractivity contribution >= 4 is 16.9 Å². The third-order valence-electron chi connectivity index (χ3n) is 4.09. The highest BCUT2D eigenvalue weighted by molar-refractivity contribution is 5.98. The second kappa shape index (κ2) is 5.54. The fourth-order valence-electron chi connectivity index (χ4n) is 3.09. The van der Waals surface area contributed by atoms with Crippen molar-refractivity contribution in [1.29, 1.82) is 0 Å². The molecule has 0 aliphatic carbocycles. The molecule has 0 saturated carbocycles. The molecule has 4 nitrogen and oxygen atoms in total. The molecule has 1 aromatic heterocycles. The third-order valence-corrected chi connectivity index (χ3v) is 4.09. The smallest absolute Gasteiger partial charge is 0.352 e. The van der Waals surface area contributed by atoms with Gasteiger partial charge in [0.2, 0.25) is 6.10 Å². The van der Waals surface area contributed by atoms with E-state index in [0.717, 1.165) is 18.2 Å². The van der Waals surface area contributed by atoms with E-state index < -0.39 is 29.5 Å². The van der Waals surface area contributed by atoms with Gasteiger partial charge in [-0.25, -0.2) is 18.0 Å². The SMILES string of the molecule is CCOC(=O)C1Oc2cc(F)ccc2-c2[nH]c3c(F)cc(F)cc3c21. The molecule has 25 heavy (non-hydrogen) atoms. The first-order valence-electron chi connectivity index (χ1n) is 7.63. The van der Waals surface area contributed by atoms with Crippen molar-refractivity contribution in [3.8, 4) is 17.0 Å². The van der Waals surface area contributed by atoms with Gasteiger partial charge < -0.3 is 14.5 Å². The molecule has 2 aromatic carbocycles. The normalized spacial score (nSPS) is 15.4. The van der Waals surface area contributed by atoms with Gasteiger partial charge in [0.05, 0.1) is 17.8 Å². The maximum absolute atomic E-state index is 14.2. The van der Waals surface area contributed by atoms with E-state index in [1.54, 1.807) is 6.92 Å². The molecule has 4 rings (SSSR count). The van der Waals surface area contributed by atoms with Gasteiger partial charge in [0.1, 0.15) is 23.2 Å². The average Bonchev–Trinajstić information content (AvgIpc) is 2.94. The summed E-state index contributed by atoms with van der Waals surface area (Å²) in [4.78, 5) is 15.2. The highest BCUT2D eigenvalue weighted by atomic mass is 19.1. The summed E-state index contributed by atoms with van der Waals surface area (Å²) in [5.41, 5.74) is 1.14. The molecule has 0 fully saturated rings. The number of hydrogen-bond donors (Lipinski definition) is 1. The molecular formula is C18H12F3NO3. The predicted molar refractivity (Wildman–Crippen MR) is 83.6 cm³/mol. The molecule has 1 N–H and O–H groups in total. The van der Waals surface area contributed by atoms with Gasteiger partial charge in [-0.2, -0.15) is 0 Å². The van der Waals surface area contributed by atoms with E-state index in [2.05, 4.69) is 4.98 Å². The van der Waals surface area contributed by atoms with Crippen molar-refractivity contribution in [3.05, 3.63) is 53.3 Å². The Balaban J connectivity index is 2.04. The van der Waals surface area contributed by atoms with Crippen LogP contribution in [0.4, 0.5) is 13.2 Å². The first kappa shape index (κ1) is 15.6. The second-order valence-corrected chi connectivity index (χ2v) is 5.61. The zero-order chi connectivity index (χ0) is 17.7. The van der Waals surface area contributed by atoms with Crippen molar-refractivity contribution < 1.29 is 27.4 Å². The number of esters is 1. The molecule has 3 aromatic rings. The number of nitrogens with one attached hydrogen (secondary N) is 1. The first-order chi connectivity index (χ1) is 12.0. The monoisotopic (exact) mass is 347 g/mol. The summed E-state index contributed by atoms with van der Waals surface area (Å²) < 4.78 is 52.0. The Bertz CT molecular complexity index is 1010. The van der Waals surface area contributed by atoms with Crippen LogP contribution >= 0.6 is 0 Å². The van der Waals surface area contributed by atoms with Gasteiger partial charge in [-0.3, -0.25) is 0 Å². The summed E-state index contributed by atoms with van der Waals surface area (Å²) in [6.45, 7) is 1.74. The van der Waals surface area contributed by atoms with Crippen molar-refractivity contribution in [2.24, 2.45) is 0 Å². The van der Waals surface area contributed by atoms with Crippen LogP contribution in [0.25, 0.3) is 22.2 Å². The van der Waals surface area contributed by atoms with Crippen molar-refractivity contribution in [2.45, 2.75) is 13.0 Å². The fraction of sp³-hybridized carbons (Fsp3) is 0.167. The second-order valence-electron chi connectivity index (χ2n) is 5.61. The van der Waals surface area contributed by atoms with Gasteiger partial charge in [-0.05, 0) is 25.1 Å². The minimum Gasteiger partial charge on any atom is -0.473 e.